The number of benzene rings is 2. The molecule has 3 atom stereocenters. The quantitative estimate of drug-likeness (QED) is 0.524. The van der Waals surface area contributed by atoms with Crippen LogP contribution in [0.15, 0.2) is 59.5 Å². The Kier molecular flexibility index (Phi) is 5.93. The van der Waals surface area contributed by atoms with Gasteiger partial charge in [0.15, 0.2) is 11.4 Å². The molecule has 1 spiro atoms. The number of nitrogens with zero attached hydrogens (tertiary/aromatic N) is 3. The van der Waals surface area contributed by atoms with Crippen LogP contribution in [0.2, 0.25) is 0 Å². The number of halogens is 2. The average molecular weight is 535 g/mol. The molecule has 3 aliphatic rings. The second-order valence-electron chi connectivity index (χ2n) is 10.5. The lowest BCUT2D eigenvalue weighted by atomic mass is 9.98. The molecule has 1 aliphatic heterocycles. The molecule has 2 aromatic carbocycles. The van der Waals surface area contributed by atoms with Crippen LogP contribution < -0.4 is 20.5 Å². The number of carbonyl (C=O) groups excluding carboxylic acids is 2. The fraction of sp³-hybridized carbons (Fsp3) is 0.345. The van der Waals surface area contributed by atoms with E-state index in [2.05, 4.69) is 5.32 Å². The zero-order chi connectivity index (χ0) is 27.5. The molecule has 0 saturated heterocycles. The Labute approximate surface area is 223 Å². The summed E-state index contributed by atoms with van der Waals surface area (Å²) in [5.74, 6) is -2.01. The minimum Gasteiger partial charge on any atom is -0.482 e. The molecule has 0 bridgehead atoms. The molecule has 2 saturated carbocycles. The topological polar surface area (TPSA) is 83.9 Å². The summed E-state index contributed by atoms with van der Waals surface area (Å²) in [6.45, 7) is -0.233. The van der Waals surface area contributed by atoms with Crippen molar-refractivity contribution in [3.63, 3.8) is 0 Å². The van der Waals surface area contributed by atoms with Crippen molar-refractivity contribution in [2.24, 2.45) is 11.8 Å². The summed E-state index contributed by atoms with van der Waals surface area (Å²) in [6.07, 6.45) is 4.16. The van der Waals surface area contributed by atoms with Gasteiger partial charge in [-0.25, -0.2) is 8.78 Å². The Morgan fingerprint density at radius 1 is 1.13 bits per heavy atom. The number of amides is 2. The van der Waals surface area contributed by atoms with E-state index in [0.29, 0.717) is 11.8 Å². The normalized spacial score (nSPS) is 23.0. The lowest BCUT2D eigenvalue weighted by Crippen LogP contribution is -2.68. The number of rotatable bonds is 6. The first-order valence-electron chi connectivity index (χ1n) is 12.9. The van der Waals surface area contributed by atoms with Gasteiger partial charge >= 0.3 is 0 Å². The summed E-state index contributed by atoms with van der Waals surface area (Å²) in [6, 6.07) is 12.2. The number of hydrogen-bond donors (Lipinski definition) is 1. The Morgan fingerprint density at radius 3 is 2.56 bits per heavy atom. The van der Waals surface area contributed by atoms with E-state index in [1.54, 1.807) is 16.6 Å². The average Bonchev–Trinajstić information content (AvgIpc) is 3.62. The van der Waals surface area contributed by atoms with E-state index in [0.717, 1.165) is 37.0 Å². The Bertz CT molecular complexity index is 1540. The third-order valence-electron chi connectivity index (χ3n) is 8.44. The molecule has 10 heteroatoms. The van der Waals surface area contributed by atoms with Crippen LogP contribution >= 0.6 is 0 Å². The first kappa shape index (κ1) is 25.1. The van der Waals surface area contributed by atoms with Gasteiger partial charge in [0.25, 0.3) is 11.8 Å². The smallest absolute Gasteiger partial charge is 0.278 e. The van der Waals surface area contributed by atoms with Gasteiger partial charge in [-0.15, -0.1) is 0 Å². The molecule has 2 aliphatic carbocycles. The highest BCUT2D eigenvalue weighted by atomic mass is 19.1. The summed E-state index contributed by atoms with van der Waals surface area (Å²) in [4.78, 5) is 42.5. The second-order valence-corrected chi connectivity index (χ2v) is 10.5. The highest BCUT2D eigenvalue weighted by Gasteiger charge is 2.65. The maximum Gasteiger partial charge on any atom is 0.278 e. The second kappa shape index (κ2) is 9.21. The van der Waals surface area contributed by atoms with Crippen molar-refractivity contribution in [2.75, 3.05) is 19.1 Å². The molecule has 3 aromatic rings. The van der Waals surface area contributed by atoms with Gasteiger partial charge in [0.1, 0.15) is 29.5 Å². The van der Waals surface area contributed by atoms with Crippen molar-refractivity contribution in [1.82, 2.24) is 14.9 Å². The standard InChI is InChI=1S/C29H28F2N4O4/c1-33-28(38)24-26(39-16-17-6-4-3-5-7-17)25(36)21(27(37)32-14-19-8-9-20(30)13-23(19)31)15-35(24)34(2)29(33)11-10-18-12-22(18)29/h3-9,13,15,18,22H,10-12,14,16H2,1-2H3,(H,32,37)/t18-,22+,29+/m1/s1. The highest BCUT2D eigenvalue weighted by molar-refractivity contribution is 6.00. The number of aromatic nitrogens is 1. The van der Waals surface area contributed by atoms with E-state index >= 15 is 0 Å². The van der Waals surface area contributed by atoms with Gasteiger partial charge in [-0.05, 0) is 36.8 Å². The van der Waals surface area contributed by atoms with E-state index in [1.165, 1.54) is 12.3 Å². The predicted molar refractivity (Wildman–Crippen MR) is 139 cm³/mol. The molecule has 8 nitrogen and oxygen atoms in total. The number of nitrogens with one attached hydrogen (secondary N) is 1. The highest BCUT2D eigenvalue weighted by Crippen LogP contribution is 2.61. The van der Waals surface area contributed by atoms with Gasteiger partial charge in [0.05, 0.1) is 0 Å². The molecule has 0 radical (unpaired) electrons. The summed E-state index contributed by atoms with van der Waals surface area (Å²) in [5, 5.41) is 4.49. The molecular formula is C29H28F2N4O4. The molecule has 1 aromatic heterocycles. The van der Waals surface area contributed by atoms with Gasteiger partial charge < -0.3 is 15.0 Å². The number of carbonyl (C=O) groups is 2. The van der Waals surface area contributed by atoms with E-state index < -0.39 is 28.6 Å². The summed E-state index contributed by atoms with van der Waals surface area (Å²) < 4.78 is 35.0. The maximum atomic E-state index is 14.1. The SMILES string of the molecule is CN1C(=O)c2c(OCc3ccccc3)c(=O)c(C(=O)NCc3ccc(F)cc3F)cn2N(C)[C@]12CC[C@@H]1C[C@@H]12. The van der Waals surface area contributed by atoms with Crippen LogP contribution in [0.25, 0.3) is 0 Å². The monoisotopic (exact) mass is 534 g/mol. The van der Waals surface area contributed by atoms with E-state index in [9.17, 15) is 23.2 Å². The minimum absolute atomic E-state index is 0.0193. The Balaban J connectivity index is 1.40. The van der Waals surface area contributed by atoms with Gasteiger partial charge in [0, 0.05) is 44.4 Å². The number of fused-ring (bicyclic) bond motifs is 3. The molecule has 202 valence electrons. The third kappa shape index (κ3) is 3.97. The van der Waals surface area contributed by atoms with Crippen molar-refractivity contribution >= 4 is 11.8 Å². The zero-order valence-corrected chi connectivity index (χ0v) is 21.6. The third-order valence-corrected chi connectivity index (χ3v) is 8.44. The molecule has 1 N–H and O–H groups in total. The first-order valence-corrected chi connectivity index (χ1v) is 12.9. The van der Waals surface area contributed by atoms with Crippen molar-refractivity contribution in [3.05, 3.63) is 99.0 Å². The van der Waals surface area contributed by atoms with Crippen LogP contribution in [0.1, 0.15) is 51.2 Å². The first-order chi connectivity index (χ1) is 18.7. The molecule has 39 heavy (non-hydrogen) atoms. The lowest BCUT2D eigenvalue weighted by molar-refractivity contribution is 0.0325. The van der Waals surface area contributed by atoms with Crippen molar-refractivity contribution < 1.29 is 23.1 Å². The lowest BCUT2D eigenvalue weighted by Gasteiger charge is -2.52. The minimum atomic E-state index is -0.806. The van der Waals surface area contributed by atoms with E-state index in [1.807, 2.05) is 42.4 Å². The number of hydrogen-bond acceptors (Lipinski definition) is 5. The Morgan fingerprint density at radius 2 is 1.90 bits per heavy atom. The fourth-order valence-corrected chi connectivity index (χ4v) is 6.24. The Hall–Kier alpha value is -4.21. The van der Waals surface area contributed by atoms with Crippen molar-refractivity contribution in [2.45, 2.75) is 38.1 Å². The zero-order valence-electron chi connectivity index (χ0n) is 21.6. The maximum absolute atomic E-state index is 14.1. The van der Waals surface area contributed by atoms with Gasteiger partial charge in [-0.3, -0.25) is 24.1 Å². The van der Waals surface area contributed by atoms with Crippen LogP contribution in [0.5, 0.6) is 5.75 Å². The van der Waals surface area contributed by atoms with Crippen LogP contribution in [-0.4, -0.2) is 41.1 Å². The van der Waals surface area contributed by atoms with E-state index in [-0.39, 0.29) is 41.6 Å². The largest absolute Gasteiger partial charge is 0.482 e. The van der Waals surface area contributed by atoms with Crippen LogP contribution in [-0.2, 0) is 13.2 Å². The summed E-state index contributed by atoms with van der Waals surface area (Å²) >= 11 is 0. The fourth-order valence-electron chi connectivity index (χ4n) is 6.24. The van der Waals surface area contributed by atoms with Crippen LogP contribution in [0.3, 0.4) is 0 Å². The van der Waals surface area contributed by atoms with E-state index in [4.69, 9.17) is 4.74 Å². The van der Waals surface area contributed by atoms with Gasteiger partial charge in [-0.1, -0.05) is 36.4 Å². The van der Waals surface area contributed by atoms with Crippen LogP contribution in [0.4, 0.5) is 8.78 Å². The summed E-state index contributed by atoms with van der Waals surface area (Å²) in [5.41, 5.74) is -0.634. The van der Waals surface area contributed by atoms with Gasteiger partial charge in [-0.2, -0.15) is 0 Å². The molecular weight excluding hydrogens is 506 g/mol. The van der Waals surface area contributed by atoms with Crippen LogP contribution in [0, 0.1) is 23.5 Å². The summed E-state index contributed by atoms with van der Waals surface area (Å²) in [7, 11) is 3.61. The van der Waals surface area contributed by atoms with Crippen molar-refractivity contribution in [3.8, 4) is 5.75 Å². The molecule has 0 unspecified atom stereocenters. The predicted octanol–water partition coefficient (Wildman–Crippen LogP) is 3.42. The molecule has 2 fully saturated rings. The number of pyridine rings is 1. The van der Waals surface area contributed by atoms with Crippen molar-refractivity contribution in [1.29, 1.82) is 0 Å². The molecule has 2 amide bonds. The molecule has 2 heterocycles. The molecule has 6 rings (SSSR count). The number of ether oxygens (including phenoxy) is 1. The van der Waals surface area contributed by atoms with Gasteiger partial charge in [0.2, 0.25) is 5.43 Å².